The van der Waals surface area contributed by atoms with Crippen LogP contribution in [0.5, 0.6) is 11.5 Å². The molecule has 3 aromatic rings. The van der Waals surface area contributed by atoms with E-state index in [2.05, 4.69) is 46.6 Å². The summed E-state index contributed by atoms with van der Waals surface area (Å²) in [6.45, 7) is 4.92. The molecule has 0 unspecified atom stereocenters. The predicted octanol–water partition coefficient (Wildman–Crippen LogP) is 4.23. The molecule has 0 aliphatic heterocycles. The van der Waals surface area contributed by atoms with Gasteiger partial charge in [-0.25, -0.2) is 0 Å². The number of aromatic hydroxyl groups is 1. The molecular weight excluding hydrogens is 387 g/mol. The Balaban J connectivity index is 0.00000320. The van der Waals surface area contributed by atoms with Crippen LogP contribution in [-0.2, 0) is 18.3 Å². The first-order valence-electron chi connectivity index (χ1n) is 10.3. The van der Waals surface area contributed by atoms with Crippen molar-refractivity contribution in [2.24, 2.45) is 0 Å². The Morgan fingerprint density at radius 3 is 2.50 bits per heavy atom. The van der Waals surface area contributed by atoms with Gasteiger partial charge in [0.2, 0.25) is 0 Å². The summed E-state index contributed by atoms with van der Waals surface area (Å²) in [7, 11) is 0. The van der Waals surface area contributed by atoms with E-state index >= 15 is 0 Å². The van der Waals surface area contributed by atoms with Crippen LogP contribution >= 0.6 is 0 Å². The molecule has 6 nitrogen and oxygen atoms in total. The van der Waals surface area contributed by atoms with E-state index in [4.69, 9.17) is 4.74 Å². The van der Waals surface area contributed by atoms with Crippen molar-refractivity contribution >= 4 is 29.6 Å². The zero-order valence-electron chi connectivity index (χ0n) is 18.3. The Morgan fingerprint density at radius 1 is 1.00 bits per heavy atom. The third kappa shape index (κ3) is 7.42. The molecule has 1 aromatic heterocycles. The first-order chi connectivity index (χ1) is 14.0. The third-order valence-electron chi connectivity index (χ3n) is 5.25. The van der Waals surface area contributed by atoms with Crippen LogP contribution in [0, 0.1) is 0 Å². The summed E-state index contributed by atoms with van der Waals surface area (Å²) in [4.78, 5) is 0. The smallest absolute Gasteiger partial charge is 0.180 e. The SMILES string of the molecule is CC(C)(CCCCCOc1ccc(CCc2ccccc2)c(O)c1)c1nn[nH]n1.[Na]. The molecule has 1 radical (unpaired) electrons. The number of nitrogens with zero attached hydrogens (tertiary/aromatic N) is 3. The zero-order valence-corrected chi connectivity index (χ0v) is 20.3. The van der Waals surface area contributed by atoms with Crippen LogP contribution < -0.4 is 4.74 Å². The minimum absolute atomic E-state index is 0. The van der Waals surface area contributed by atoms with Crippen LogP contribution in [0.4, 0.5) is 0 Å². The van der Waals surface area contributed by atoms with E-state index in [-0.39, 0.29) is 35.0 Å². The first-order valence-corrected chi connectivity index (χ1v) is 10.3. The van der Waals surface area contributed by atoms with Crippen molar-refractivity contribution in [3.63, 3.8) is 0 Å². The predicted molar refractivity (Wildman–Crippen MR) is 119 cm³/mol. The fourth-order valence-electron chi connectivity index (χ4n) is 3.36. The Bertz CT molecular complexity index is 870. The van der Waals surface area contributed by atoms with Gasteiger partial charge in [-0.05, 0) is 42.9 Å². The third-order valence-corrected chi connectivity index (χ3v) is 5.25. The number of hydrogen-bond acceptors (Lipinski definition) is 5. The van der Waals surface area contributed by atoms with Gasteiger partial charge in [-0.2, -0.15) is 5.21 Å². The monoisotopic (exact) mass is 417 g/mol. The number of aromatic nitrogens is 4. The van der Waals surface area contributed by atoms with Crippen molar-refractivity contribution in [3.8, 4) is 11.5 Å². The van der Waals surface area contributed by atoms with E-state index in [1.807, 2.05) is 30.3 Å². The first kappa shape index (κ1) is 24.4. The summed E-state index contributed by atoms with van der Waals surface area (Å²) < 4.78 is 5.81. The Labute approximate surface area is 200 Å². The molecule has 2 aromatic carbocycles. The van der Waals surface area contributed by atoms with Gasteiger partial charge in [0.15, 0.2) is 5.82 Å². The molecule has 0 amide bonds. The van der Waals surface area contributed by atoms with Crippen LogP contribution in [0.1, 0.15) is 56.5 Å². The number of phenolic OH excluding ortho intramolecular Hbond substituents is 1. The van der Waals surface area contributed by atoms with Gasteiger partial charge < -0.3 is 9.84 Å². The molecule has 0 saturated heterocycles. The maximum Gasteiger partial charge on any atom is 0.180 e. The van der Waals surface area contributed by atoms with Crippen LogP contribution in [0.25, 0.3) is 0 Å². The van der Waals surface area contributed by atoms with Gasteiger partial charge in [0.25, 0.3) is 0 Å². The van der Waals surface area contributed by atoms with Crippen molar-refractivity contribution in [2.75, 3.05) is 6.61 Å². The zero-order chi connectivity index (χ0) is 20.5. The molecule has 0 spiro atoms. The minimum atomic E-state index is -0.0742. The fourth-order valence-corrected chi connectivity index (χ4v) is 3.36. The number of hydrogen-bond donors (Lipinski definition) is 2. The average molecular weight is 418 g/mol. The molecule has 0 aliphatic carbocycles. The average Bonchev–Trinajstić information content (AvgIpc) is 3.27. The number of H-pyrrole nitrogens is 1. The molecule has 0 fully saturated rings. The van der Waals surface area contributed by atoms with Gasteiger partial charge in [-0.1, -0.05) is 68.3 Å². The van der Waals surface area contributed by atoms with E-state index in [9.17, 15) is 5.11 Å². The maximum absolute atomic E-state index is 10.3. The summed E-state index contributed by atoms with van der Waals surface area (Å²) in [5.74, 6) is 1.79. The summed E-state index contributed by atoms with van der Waals surface area (Å²) in [5, 5.41) is 24.6. The number of unbranched alkanes of at least 4 members (excludes halogenated alkanes) is 2. The molecule has 2 N–H and O–H groups in total. The standard InChI is InChI=1S/C23H30N4O2.Na/c1-23(2,22-24-26-27-25-22)15-7-4-8-16-29-20-14-13-19(21(28)17-20)12-11-18-9-5-3-6-10-18;/h3,5-6,9-10,13-14,17,28H,4,7-8,11-12,15-16H2,1-2H3,(H,24,25,26,27);. The summed E-state index contributed by atoms with van der Waals surface area (Å²) in [6.07, 6.45) is 5.85. The van der Waals surface area contributed by atoms with Gasteiger partial charge in [-0.15, -0.1) is 10.2 Å². The summed E-state index contributed by atoms with van der Waals surface area (Å²) in [6, 6.07) is 15.9. The van der Waals surface area contributed by atoms with Gasteiger partial charge >= 0.3 is 0 Å². The number of aromatic amines is 1. The van der Waals surface area contributed by atoms with Crippen molar-refractivity contribution in [2.45, 2.75) is 57.8 Å². The molecular formula is C23H30N4NaO2. The van der Waals surface area contributed by atoms with Gasteiger partial charge in [0.1, 0.15) is 11.5 Å². The molecule has 0 atom stereocenters. The number of aryl methyl sites for hydroxylation is 2. The second kappa shape index (κ2) is 12.1. The minimum Gasteiger partial charge on any atom is -0.508 e. The van der Waals surface area contributed by atoms with Crippen LogP contribution in [0.2, 0.25) is 0 Å². The van der Waals surface area contributed by atoms with Crippen molar-refractivity contribution in [3.05, 3.63) is 65.5 Å². The van der Waals surface area contributed by atoms with E-state index in [0.717, 1.165) is 55.7 Å². The van der Waals surface area contributed by atoms with E-state index in [1.165, 1.54) is 5.56 Å². The molecule has 1 heterocycles. The van der Waals surface area contributed by atoms with Gasteiger partial charge in [0.05, 0.1) is 6.61 Å². The Hall–Kier alpha value is -1.89. The maximum atomic E-state index is 10.3. The Morgan fingerprint density at radius 2 is 1.80 bits per heavy atom. The van der Waals surface area contributed by atoms with Crippen LogP contribution in [0.15, 0.2) is 48.5 Å². The fraction of sp³-hybridized carbons (Fsp3) is 0.435. The molecule has 30 heavy (non-hydrogen) atoms. The second-order valence-corrected chi connectivity index (χ2v) is 8.05. The molecule has 155 valence electrons. The molecule has 0 aliphatic rings. The van der Waals surface area contributed by atoms with Gasteiger partial charge in [0, 0.05) is 41.0 Å². The normalized spacial score (nSPS) is 11.1. The largest absolute Gasteiger partial charge is 0.508 e. The number of ether oxygens (including phenoxy) is 1. The quantitative estimate of drug-likeness (QED) is 0.360. The van der Waals surface area contributed by atoms with E-state index in [1.54, 1.807) is 6.07 Å². The Kier molecular flexibility index (Phi) is 9.82. The van der Waals surface area contributed by atoms with E-state index in [0.29, 0.717) is 12.4 Å². The molecule has 0 bridgehead atoms. The van der Waals surface area contributed by atoms with Crippen molar-refractivity contribution < 1.29 is 9.84 Å². The molecule has 7 heteroatoms. The van der Waals surface area contributed by atoms with Gasteiger partial charge in [-0.3, -0.25) is 0 Å². The number of benzene rings is 2. The second-order valence-electron chi connectivity index (χ2n) is 8.05. The molecule has 0 saturated carbocycles. The summed E-state index contributed by atoms with van der Waals surface area (Å²) >= 11 is 0. The summed E-state index contributed by atoms with van der Waals surface area (Å²) in [5.41, 5.74) is 2.15. The van der Waals surface area contributed by atoms with Crippen molar-refractivity contribution in [1.82, 2.24) is 20.6 Å². The topological polar surface area (TPSA) is 83.9 Å². The number of rotatable bonds is 11. The van der Waals surface area contributed by atoms with Crippen LogP contribution in [-0.4, -0.2) is 61.9 Å². The number of phenols is 1. The van der Waals surface area contributed by atoms with E-state index < -0.39 is 0 Å². The number of tetrazole rings is 1. The van der Waals surface area contributed by atoms with Crippen molar-refractivity contribution in [1.29, 1.82) is 0 Å². The molecule has 3 rings (SSSR count). The number of nitrogens with one attached hydrogen (secondary N) is 1. The van der Waals surface area contributed by atoms with Crippen LogP contribution in [0.3, 0.4) is 0 Å².